The van der Waals surface area contributed by atoms with E-state index in [-0.39, 0.29) is 11.2 Å². The normalized spacial score (nSPS) is 12.3. The fourth-order valence-electron chi connectivity index (χ4n) is 1.12. The second kappa shape index (κ2) is 7.46. The molecule has 0 saturated carbocycles. The van der Waals surface area contributed by atoms with Crippen molar-refractivity contribution in [3.63, 3.8) is 0 Å². The molecule has 18 heavy (non-hydrogen) atoms. The van der Waals surface area contributed by atoms with Crippen LogP contribution in [0.15, 0.2) is 12.1 Å². The monoisotopic (exact) mass is 326 g/mol. The van der Waals surface area contributed by atoms with Gasteiger partial charge in [0.15, 0.2) is 0 Å². The molecule has 1 aromatic carbocycles. The summed E-state index contributed by atoms with van der Waals surface area (Å²) in [5, 5.41) is 3.95. The number of rotatable bonds is 5. The van der Waals surface area contributed by atoms with Crippen LogP contribution in [0.1, 0.15) is 6.92 Å². The maximum atomic E-state index is 11.7. The summed E-state index contributed by atoms with van der Waals surface area (Å²) in [7, 11) is 0. The van der Waals surface area contributed by atoms with Gasteiger partial charge in [0.2, 0.25) is 5.91 Å². The number of carbonyl (C=O) groups is 1. The molecular formula is C11H13Cl3N2OS. The Kier molecular flexibility index (Phi) is 6.60. The summed E-state index contributed by atoms with van der Waals surface area (Å²) in [5.41, 5.74) is 5.85. The Morgan fingerprint density at radius 1 is 1.39 bits per heavy atom. The van der Waals surface area contributed by atoms with Crippen molar-refractivity contribution in [2.45, 2.75) is 12.2 Å². The summed E-state index contributed by atoms with van der Waals surface area (Å²) in [6.07, 6.45) is 0. The summed E-state index contributed by atoms with van der Waals surface area (Å²) in [6, 6.07) is 3.06. The highest BCUT2D eigenvalue weighted by Gasteiger charge is 2.12. The number of benzene rings is 1. The SMILES string of the molecule is CC(CN)SCC(=O)Nc1c(Cl)cc(Cl)cc1Cl. The third-order valence-corrected chi connectivity index (χ3v) is 4.11. The second-order valence-electron chi connectivity index (χ2n) is 3.65. The Bertz CT molecular complexity index is 419. The number of carbonyl (C=O) groups excluding carboxylic acids is 1. The number of anilines is 1. The summed E-state index contributed by atoms with van der Waals surface area (Å²) < 4.78 is 0. The summed E-state index contributed by atoms with van der Waals surface area (Å²) in [6.45, 7) is 2.49. The zero-order valence-electron chi connectivity index (χ0n) is 9.67. The minimum Gasteiger partial charge on any atom is -0.329 e. The summed E-state index contributed by atoms with van der Waals surface area (Å²) in [5.74, 6) is 0.125. The molecule has 0 bridgehead atoms. The fraction of sp³-hybridized carbons (Fsp3) is 0.364. The van der Waals surface area contributed by atoms with Crippen LogP contribution in [0.4, 0.5) is 5.69 Å². The van der Waals surface area contributed by atoms with Gasteiger partial charge in [0.05, 0.1) is 21.5 Å². The van der Waals surface area contributed by atoms with Gasteiger partial charge in [-0.15, -0.1) is 11.8 Å². The molecule has 1 unspecified atom stereocenters. The predicted molar refractivity (Wildman–Crippen MR) is 81.1 cm³/mol. The maximum absolute atomic E-state index is 11.7. The third kappa shape index (κ3) is 4.86. The van der Waals surface area contributed by atoms with Crippen LogP contribution < -0.4 is 11.1 Å². The highest BCUT2D eigenvalue weighted by Crippen LogP contribution is 2.33. The molecule has 1 atom stereocenters. The van der Waals surface area contributed by atoms with Crippen molar-refractivity contribution in [2.75, 3.05) is 17.6 Å². The lowest BCUT2D eigenvalue weighted by Crippen LogP contribution is -2.19. The van der Waals surface area contributed by atoms with Crippen molar-refractivity contribution in [1.29, 1.82) is 0 Å². The van der Waals surface area contributed by atoms with Gasteiger partial charge in [0.25, 0.3) is 0 Å². The van der Waals surface area contributed by atoms with E-state index in [1.165, 1.54) is 23.9 Å². The fourth-order valence-corrected chi connectivity index (χ4v) is 2.68. The molecule has 7 heteroatoms. The first-order chi connectivity index (χ1) is 8.43. The standard InChI is InChI=1S/C11H13Cl3N2OS/c1-6(4-15)18-5-10(17)16-11-8(13)2-7(12)3-9(11)14/h2-3,6H,4-5,15H2,1H3,(H,16,17). The average Bonchev–Trinajstić information content (AvgIpc) is 2.30. The zero-order chi connectivity index (χ0) is 13.7. The van der Waals surface area contributed by atoms with Crippen LogP contribution in [0, 0.1) is 0 Å². The molecule has 0 aliphatic rings. The van der Waals surface area contributed by atoms with Gasteiger partial charge in [-0.2, -0.15) is 0 Å². The number of thioether (sulfide) groups is 1. The average molecular weight is 328 g/mol. The number of amides is 1. The minimum atomic E-state index is -0.175. The molecule has 0 aliphatic carbocycles. The Balaban J connectivity index is 2.65. The zero-order valence-corrected chi connectivity index (χ0v) is 12.8. The van der Waals surface area contributed by atoms with Crippen LogP contribution in [0.2, 0.25) is 15.1 Å². The van der Waals surface area contributed by atoms with Gasteiger partial charge in [-0.05, 0) is 12.1 Å². The van der Waals surface area contributed by atoms with Gasteiger partial charge >= 0.3 is 0 Å². The molecule has 3 N–H and O–H groups in total. The van der Waals surface area contributed by atoms with Gasteiger partial charge < -0.3 is 11.1 Å². The smallest absolute Gasteiger partial charge is 0.234 e. The van der Waals surface area contributed by atoms with Gasteiger partial charge in [-0.1, -0.05) is 41.7 Å². The Hall–Kier alpha value is -0.130. The lowest BCUT2D eigenvalue weighted by atomic mass is 10.3. The first kappa shape index (κ1) is 15.9. The van der Waals surface area contributed by atoms with E-state index in [0.29, 0.717) is 33.1 Å². The van der Waals surface area contributed by atoms with Crippen LogP contribution in [0.3, 0.4) is 0 Å². The molecule has 0 aliphatic heterocycles. The van der Waals surface area contributed by atoms with E-state index in [2.05, 4.69) is 5.32 Å². The van der Waals surface area contributed by atoms with E-state index in [1.807, 2.05) is 6.92 Å². The van der Waals surface area contributed by atoms with Crippen molar-refractivity contribution in [2.24, 2.45) is 5.73 Å². The summed E-state index contributed by atoms with van der Waals surface area (Å²) in [4.78, 5) is 11.7. The Morgan fingerprint density at radius 2 is 1.94 bits per heavy atom. The second-order valence-corrected chi connectivity index (χ2v) is 6.33. The largest absolute Gasteiger partial charge is 0.329 e. The topological polar surface area (TPSA) is 55.1 Å². The van der Waals surface area contributed by atoms with E-state index in [0.717, 1.165) is 0 Å². The number of nitrogens with one attached hydrogen (secondary N) is 1. The molecule has 1 amide bonds. The van der Waals surface area contributed by atoms with Crippen molar-refractivity contribution < 1.29 is 4.79 Å². The van der Waals surface area contributed by atoms with E-state index in [1.54, 1.807) is 0 Å². The molecular weight excluding hydrogens is 315 g/mol. The number of halogens is 3. The highest BCUT2D eigenvalue weighted by molar-refractivity contribution is 8.00. The Morgan fingerprint density at radius 3 is 2.44 bits per heavy atom. The van der Waals surface area contributed by atoms with E-state index in [9.17, 15) is 4.79 Å². The van der Waals surface area contributed by atoms with Crippen LogP contribution in [-0.4, -0.2) is 23.5 Å². The molecule has 1 rings (SSSR count). The molecule has 0 aromatic heterocycles. The van der Waals surface area contributed by atoms with E-state index in [4.69, 9.17) is 40.5 Å². The quantitative estimate of drug-likeness (QED) is 0.867. The number of hydrogen-bond acceptors (Lipinski definition) is 3. The number of nitrogens with two attached hydrogens (primary N) is 1. The lowest BCUT2D eigenvalue weighted by molar-refractivity contribution is -0.113. The van der Waals surface area contributed by atoms with Gasteiger partial charge in [-0.3, -0.25) is 4.79 Å². The first-order valence-electron chi connectivity index (χ1n) is 5.20. The van der Waals surface area contributed by atoms with Crippen LogP contribution in [0.25, 0.3) is 0 Å². The van der Waals surface area contributed by atoms with Gasteiger partial charge in [0, 0.05) is 16.8 Å². The maximum Gasteiger partial charge on any atom is 0.234 e. The van der Waals surface area contributed by atoms with E-state index >= 15 is 0 Å². The molecule has 3 nitrogen and oxygen atoms in total. The molecule has 0 radical (unpaired) electrons. The van der Waals surface area contributed by atoms with Crippen molar-refractivity contribution in [3.05, 3.63) is 27.2 Å². The molecule has 100 valence electrons. The molecule has 1 aromatic rings. The lowest BCUT2D eigenvalue weighted by Gasteiger charge is -2.11. The van der Waals surface area contributed by atoms with Gasteiger partial charge in [-0.25, -0.2) is 0 Å². The number of hydrogen-bond donors (Lipinski definition) is 2. The van der Waals surface area contributed by atoms with Gasteiger partial charge in [0.1, 0.15) is 0 Å². The predicted octanol–water partition coefficient (Wildman–Crippen LogP) is 3.67. The van der Waals surface area contributed by atoms with Crippen LogP contribution >= 0.6 is 46.6 Å². The van der Waals surface area contributed by atoms with Crippen molar-refractivity contribution in [3.8, 4) is 0 Å². The van der Waals surface area contributed by atoms with Crippen LogP contribution in [0.5, 0.6) is 0 Å². The molecule has 0 fully saturated rings. The first-order valence-corrected chi connectivity index (χ1v) is 7.38. The van der Waals surface area contributed by atoms with Crippen LogP contribution in [-0.2, 0) is 4.79 Å². The highest BCUT2D eigenvalue weighted by atomic mass is 35.5. The van der Waals surface area contributed by atoms with Crippen molar-refractivity contribution >= 4 is 58.2 Å². The minimum absolute atomic E-state index is 0.175. The summed E-state index contributed by atoms with van der Waals surface area (Å²) >= 11 is 19.2. The van der Waals surface area contributed by atoms with E-state index < -0.39 is 0 Å². The Labute approximate surface area is 125 Å². The third-order valence-electron chi connectivity index (χ3n) is 2.10. The molecule has 0 spiro atoms. The molecule has 0 saturated heterocycles. The molecule has 0 heterocycles. The van der Waals surface area contributed by atoms with Crippen molar-refractivity contribution in [1.82, 2.24) is 0 Å².